The fourth-order valence-corrected chi connectivity index (χ4v) is 2.12. The number of pyridine rings is 1. The Labute approximate surface area is 97.0 Å². The van der Waals surface area contributed by atoms with Crippen molar-refractivity contribution in [3.63, 3.8) is 0 Å². The van der Waals surface area contributed by atoms with E-state index in [9.17, 15) is 0 Å². The molecule has 0 amide bonds. The molecule has 0 atom stereocenters. The van der Waals surface area contributed by atoms with Crippen LogP contribution in [0.25, 0.3) is 11.6 Å². The van der Waals surface area contributed by atoms with Gasteiger partial charge in [0, 0.05) is 10.7 Å². The predicted molar refractivity (Wildman–Crippen MR) is 57.7 cm³/mol. The molecule has 14 heavy (non-hydrogen) atoms. The van der Waals surface area contributed by atoms with Crippen molar-refractivity contribution < 1.29 is 4.52 Å². The standard InChI is InChI=1S/C8H5Br2N3O/c1-4-12-8(14-13-4)7-6(10)2-5(9)3-11-7/h2-3H,1H3. The van der Waals surface area contributed by atoms with Crippen LogP contribution in [0.3, 0.4) is 0 Å². The number of aryl methyl sites for hydroxylation is 1. The van der Waals surface area contributed by atoms with Gasteiger partial charge in [-0.2, -0.15) is 4.98 Å². The minimum absolute atomic E-state index is 0.418. The van der Waals surface area contributed by atoms with Crippen molar-refractivity contribution in [2.24, 2.45) is 0 Å². The van der Waals surface area contributed by atoms with Crippen LogP contribution in [0.5, 0.6) is 0 Å². The maximum atomic E-state index is 5.00. The van der Waals surface area contributed by atoms with E-state index in [1.165, 1.54) is 0 Å². The number of hydrogen-bond acceptors (Lipinski definition) is 4. The lowest BCUT2D eigenvalue weighted by Crippen LogP contribution is -1.85. The van der Waals surface area contributed by atoms with Crippen molar-refractivity contribution in [2.45, 2.75) is 6.92 Å². The Bertz CT molecular complexity index is 469. The molecule has 0 aliphatic heterocycles. The summed E-state index contributed by atoms with van der Waals surface area (Å²) < 4.78 is 6.71. The molecular weight excluding hydrogens is 314 g/mol. The number of aromatic nitrogens is 3. The van der Waals surface area contributed by atoms with Crippen molar-refractivity contribution in [1.82, 2.24) is 15.1 Å². The molecule has 0 saturated heterocycles. The van der Waals surface area contributed by atoms with E-state index < -0.39 is 0 Å². The third-order valence-corrected chi connectivity index (χ3v) is 2.58. The molecule has 2 rings (SSSR count). The fraction of sp³-hybridized carbons (Fsp3) is 0.125. The van der Waals surface area contributed by atoms with Gasteiger partial charge in [0.05, 0.1) is 4.47 Å². The van der Waals surface area contributed by atoms with Gasteiger partial charge in [0.2, 0.25) is 0 Å². The summed E-state index contributed by atoms with van der Waals surface area (Å²) >= 11 is 6.69. The number of nitrogens with zero attached hydrogens (tertiary/aromatic N) is 3. The Hall–Kier alpha value is -0.750. The molecule has 0 aromatic carbocycles. The van der Waals surface area contributed by atoms with Crippen molar-refractivity contribution in [2.75, 3.05) is 0 Å². The highest BCUT2D eigenvalue weighted by molar-refractivity contribution is 9.11. The van der Waals surface area contributed by atoms with E-state index in [0.29, 0.717) is 17.4 Å². The first kappa shape index (κ1) is 9.79. The molecular formula is C8H5Br2N3O. The average Bonchev–Trinajstić information content (AvgIpc) is 2.51. The summed E-state index contributed by atoms with van der Waals surface area (Å²) in [5.74, 6) is 1.01. The first-order valence-corrected chi connectivity index (χ1v) is 5.37. The van der Waals surface area contributed by atoms with Crippen LogP contribution in [0.15, 0.2) is 25.7 Å². The molecule has 0 unspecified atom stereocenters. The van der Waals surface area contributed by atoms with E-state index in [-0.39, 0.29) is 0 Å². The summed E-state index contributed by atoms with van der Waals surface area (Å²) in [6.07, 6.45) is 1.68. The number of halogens is 2. The molecule has 0 N–H and O–H groups in total. The van der Waals surface area contributed by atoms with Crippen LogP contribution in [-0.2, 0) is 0 Å². The van der Waals surface area contributed by atoms with Gasteiger partial charge < -0.3 is 4.52 Å². The summed E-state index contributed by atoms with van der Waals surface area (Å²) in [6, 6.07) is 1.88. The first-order chi connectivity index (χ1) is 6.66. The summed E-state index contributed by atoms with van der Waals surface area (Å²) in [6.45, 7) is 1.76. The molecule has 0 saturated carbocycles. The molecule has 0 radical (unpaired) electrons. The summed E-state index contributed by atoms with van der Waals surface area (Å²) in [4.78, 5) is 8.26. The number of hydrogen-bond donors (Lipinski definition) is 0. The van der Waals surface area contributed by atoms with Gasteiger partial charge in [0.15, 0.2) is 5.82 Å². The second kappa shape index (κ2) is 3.78. The average molecular weight is 319 g/mol. The lowest BCUT2D eigenvalue weighted by atomic mass is 10.3. The Balaban J connectivity index is 2.52. The van der Waals surface area contributed by atoms with Crippen LogP contribution in [0, 0.1) is 6.92 Å². The Morgan fingerprint density at radius 1 is 1.36 bits per heavy atom. The highest BCUT2D eigenvalue weighted by Gasteiger charge is 2.11. The van der Waals surface area contributed by atoms with E-state index in [2.05, 4.69) is 47.0 Å². The number of rotatable bonds is 1. The Morgan fingerprint density at radius 2 is 2.14 bits per heavy atom. The smallest absolute Gasteiger partial charge is 0.277 e. The Morgan fingerprint density at radius 3 is 2.71 bits per heavy atom. The molecule has 72 valence electrons. The van der Waals surface area contributed by atoms with Crippen molar-refractivity contribution in [3.8, 4) is 11.6 Å². The van der Waals surface area contributed by atoms with Crippen LogP contribution in [-0.4, -0.2) is 15.1 Å². The highest BCUT2D eigenvalue weighted by atomic mass is 79.9. The molecule has 2 aromatic heterocycles. The van der Waals surface area contributed by atoms with Gasteiger partial charge in [-0.15, -0.1) is 0 Å². The molecule has 2 aromatic rings. The molecule has 0 aliphatic rings. The summed E-state index contributed by atoms with van der Waals surface area (Å²) in [7, 11) is 0. The lowest BCUT2D eigenvalue weighted by Gasteiger charge is -1.97. The first-order valence-electron chi connectivity index (χ1n) is 3.78. The molecule has 0 bridgehead atoms. The third-order valence-electron chi connectivity index (χ3n) is 1.54. The Kier molecular flexibility index (Phi) is 2.64. The van der Waals surface area contributed by atoms with Crippen LogP contribution in [0.2, 0.25) is 0 Å². The largest absolute Gasteiger partial charge is 0.332 e. The maximum absolute atomic E-state index is 5.00. The second-order valence-electron chi connectivity index (χ2n) is 2.63. The molecule has 0 spiro atoms. The van der Waals surface area contributed by atoms with E-state index >= 15 is 0 Å². The molecule has 0 fully saturated rings. The van der Waals surface area contributed by atoms with Crippen LogP contribution >= 0.6 is 31.9 Å². The van der Waals surface area contributed by atoms with Gasteiger partial charge in [-0.3, -0.25) is 0 Å². The van der Waals surface area contributed by atoms with Crippen molar-refractivity contribution >= 4 is 31.9 Å². The summed E-state index contributed by atoms with van der Waals surface area (Å²) in [5.41, 5.74) is 0.647. The van der Waals surface area contributed by atoms with Crippen LogP contribution in [0.4, 0.5) is 0 Å². The van der Waals surface area contributed by atoms with E-state index in [1.807, 2.05) is 6.07 Å². The predicted octanol–water partition coefficient (Wildman–Crippen LogP) is 2.97. The second-order valence-corrected chi connectivity index (χ2v) is 4.40. The van der Waals surface area contributed by atoms with Crippen molar-refractivity contribution in [1.29, 1.82) is 0 Å². The normalized spacial score (nSPS) is 10.5. The minimum atomic E-state index is 0.418. The monoisotopic (exact) mass is 317 g/mol. The lowest BCUT2D eigenvalue weighted by molar-refractivity contribution is 0.424. The van der Waals surface area contributed by atoms with Crippen molar-refractivity contribution in [3.05, 3.63) is 27.0 Å². The fourth-order valence-electron chi connectivity index (χ4n) is 0.965. The maximum Gasteiger partial charge on any atom is 0.277 e. The van der Waals surface area contributed by atoms with Gasteiger partial charge in [-0.1, -0.05) is 5.16 Å². The molecule has 0 aliphatic carbocycles. The third kappa shape index (κ3) is 1.85. The topological polar surface area (TPSA) is 51.8 Å². The van der Waals surface area contributed by atoms with E-state index in [4.69, 9.17) is 4.52 Å². The zero-order chi connectivity index (χ0) is 10.1. The molecule has 2 heterocycles. The van der Waals surface area contributed by atoms with Gasteiger partial charge >= 0.3 is 0 Å². The molecule has 4 nitrogen and oxygen atoms in total. The quantitative estimate of drug-likeness (QED) is 0.811. The van der Waals surface area contributed by atoms with E-state index in [1.54, 1.807) is 13.1 Å². The van der Waals surface area contributed by atoms with Crippen LogP contribution in [0.1, 0.15) is 5.82 Å². The van der Waals surface area contributed by atoms with Gasteiger partial charge in [0.25, 0.3) is 5.89 Å². The van der Waals surface area contributed by atoms with E-state index in [0.717, 1.165) is 8.95 Å². The minimum Gasteiger partial charge on any atom is -0.332 e. The zero-order valence-electron chi connectivity index (χ0n) is 7.16. The highest BCUT2D eigenvalue weighted by Crippen LogP contribution is 2.26. The van der Waals surface area contributed by atoms with Gasteiger partial charge in [0.1, 0.15) is 5.69 Å². The summed E-state index contributed by atoms with van der Waals surface area (Å²) in [5, 5.41) is 3.70. The van der Waals surface area contributed by atoms with Gasteiger partial charge in [-0.25, -0.2) is 4.98 Å². The molecule has 6 heteroatoms. The zero-order valence-corrected chi connectivity index (χ0v) is 10.3. The van der Waals surface area contributed by atoms with Gasteiger partial charge in [-0.05, 0) is 44.8 Å². The SMILES string of the molecule is Cc1noc(-c2ncc(Br)cc2Br)n1. The van der Waals surface area contributed by atoms with Crippen LogP contribution < -0.4 is 0 Å².